The first-order valence-corrected chi connectivity index (χ1v) is 6.92. The summed E-state index contributed by atoms with van der Waals surface area (Å²) in [5, 5.41) is 21.9. The van der Waals surface area contributed by atoms with E-state index in [0.717, 1.165) is 12.2 Å². The molecule has 20 heavy (non-hydrogen) atoms. The summed E-state index contributed by atoms with van der Waals surface area (Å²) in [7, 11) is 1.57. The summed E-state index contributed by atoms with van der Waals surface area (Å²) < 4.78 is 10.5. The van der Waals surface area contributed by atoms with E-state index in [-0.39, 0.29) is 19.3 Å². The van der Waals surface area contributed by atoms with Crippen molar-refractivity contribution in [2.45, 2.75) is 25.5 Å². The Bertz CT molecular complexity index is 355. The molecule has 0 spiro atoms. The second-order valence-electron chi connectivity index (χ2n) is 4.71. The van der Waals surface area contributed by atoms with Crippen molar-refractivity contribution in [3.8, 4) is 5.75 Å². The average Bonchev–Trinajstić information content (AvgIpc) is 2.49. The molecule has 0 aliphatic heterocycles. The van der Waals surface area contributed by atoms with E-state index in [1.807, 2.05) is 24.3 Å². The summed E-state index contributed by atoms with van der Waals surface area (Å²) in [4.78, 5) is 0. The van der Waals surface area contributed by atoms with Crippen LogP contribution in [0.25, 0.3) is 0 Å². The van der Waals surface area contributed by atoms with Crippen LogP contribution in [0.1, 0.15) is 12.5 Å². The molecular weight excluding hydrogens is 258 g/mol. The molecule has 5 heteroatoms. The highest BCUT2D eigenvalue weighted by atomic mass is 16.5. The van der Waals surface area contributed by atoms with Crippen molar-refractivity contribution in [3.63, 3.8) is 0 Å². The van der Waals surface area contributed by atoms with Gasteiger partial charge in [-0.1, -0.05) is 19.1 Å². The van der Waals surface area contributed by atoms with E-state index in [4.69, 9.17) is 14.6 Å². The van der Waals surface area contributed by atoms with Crippen molar-refractivity contribution in [2.75, 3.05) is 33.5 Å². The summed E-state index contributed by atoms with van der Waals surface area (Å²) >= 11 is 0. The van der Waals surface area contributed by atoms with Crippen molar-refractivity contribution in [3.05, 3.63) is 29.8 Å². The van der Waals surface area contributed by atoms with Crippen LogP contribution < -0.4 is 10.1 Å². The molecule has 1 rings (SSSR count). The van der Waals surface area contributed by atoms with E-state index < -0.39 is 6.10 Å². The second kappa shape index (κ2) is 9.72. The number of ether oxygens (including phenoxy) is 2. The lowest BCUT2D eigenvalue weighted by Crippen LogP contribution is -2.42. The predicted octanol–water partition coefficient (Wildman–Crippen LogP) is 0.586. The van der Waals surface area contributed by atoms with Gasteiger partial charge in [-0.15, -0.1) is 0 Å². The molecule has 1 aromatic rings. The fourth-order valence-corrected chi connectivity index (χ4v) is 1.75. The van der Waals surface area contributed by atoms with Gasteiger partial charge in [0.15, 0.2) is 0 Å². The van der Waals surface area contributed by atoms with Crippen LogP contribution in [0.2, 0.25) is 0 Å². The SMILES string of the molecule is CCc1ccc(OCC(O)CNC(CO)COC)cc1. The molecule has 5 nitrogen and oxygen atoms in total. The lowest BCUT2D eigenvalue weighted by Gasteiger charge is -2.18. The first-order chi connectivity index (χ1) is 9.69. The predicted molar refractivity (Wildman–Crippen MR) is 78.1 cm³/mol. The maximum absolute atomic E-state index is 9.81. The highest BCUT2D eigenvalue weighted by Crippen LogP contribution is 2.12. The molecule has 0 saturated carbocycles. The van der Waals surface area contributed by atoms with Crippen molar-refractivity contribution < 1.29 is 19.7 Å². The van der Waals surface area contributed by atoms with E-state index in [1.165, 1.54) is 5.56 Å². The lowest BCUT2D eigenvalue weighted by atomic mass is 10.2. The van der Waals surface area contributed by atoms with Gasteiger partial charge in [-0.05, 0) is 24.1 Å². The summed E-state index contributed by atoms with van der Waals surface area (Å²) in [6, 6.07) is 7.67. The topological polar surface area (TPSA) is 71.0 Å². The summed E-state index contributed by atoms with van der Waals surface area (Å²) in [6.45, 7) is 3.04. The van der Waals surface area contributed by atoms with Gasteiger partial charge >= 0.3 is 0 Å². The van der Waals surface area contributed by atoms with Crippen LogP contribution in [0.15, 0.2) is 24.3 Å². The number of aliphatic hydroxyl groups excluding tert-OH is 2. The van der Waals surface area contributed by atoms with Gasteiger partial charge in [-0.3, -0.25) is 0 Å². The van der Waals surface area contributed by atoms with Gasteiger partial charge in [0.05, 0.1) is 19.3 Å². The fourth-order valence-electron chi connectivity index (χ4n) is 1.75. The molecule has 0 bridgehead atoms. The maximum atomic E-state index is 9.81. The molecular formula is C15H25NO4. The Kier molecular flexibility index (Phi) is 8.22. The van der Waals surface area contributed by atoms with Gasteiger partial charge in [0.1, 0.15) is 18.5 Å². The van der Waals surface area contributed by atoms with Gasteiger partial charge in [0.25, 0.3) is 0 Å². The summed E-state index contributed by atoms with van der Waals surface area (Å²) in [6.07, 6.45) is 0.362. The smallest absolute Gasteiger partial charge is 0.119 e. The van der Waals surface area contributed by atoms with Crippen LogP contribution in [0, 0.1) is 0 Å². The highest BCUT2D eigenvalue weighted by molar-refractivity contribution is 5.27. The molecule has 0 fully saturated rings. The third-order valence-electron chi connectivity index (χ3n) is 3.00. The van der Waals surface area contributed by atoms with Crippen molar-refractivity contribution >= 4 is 0 Å². The molecule has 0 heterocycles. The molecule has 0 aliphatic carbocycles. The molecule has 1 aromatic carbocycles. The zero-order valence-electron chi connectivity index (χ0n) is 12.2. The Labute approximate surface area is 120 Å². The number of aryl methyl sites for hydroxylation is 1. The first-order valence-electron chi connectivity index (χ1n) is 6.92. The van der Waals surface area contributed by atoms with Crippen molar-refractivity contribution in [1.29, 1.82) is 0 Å². The van der Waals surface area contributed by atoms with Gasteiger partial charge in [-0.25, -0.2) is 0 Å². The molecule has 0 aliphatic rings. The Morgan fingerprint density at radius 1 is 1.20 bits per heavy atom. The van der Waals surface area contributed by atoms with E-state index in [1.54, 1.807) is 7.11 Å². The van der Waals surface area contributed by atoms with E-state index in [2.05, 4.69) is 12.2 Å². The van der Waals surface area contributed by atoms with Crippen molar-refractivity contribution in [2.24, 2.45) is 0 Å². The minimum atomic E-state index is -0.633. The zero-order valence-corrected chi connectivity index (χ0v) is 12.2. The molecule has 3 N–H and O–H groups in total. The van der Waals surface area contributed by atoms with Gasteiger partial charge in [-0.2, -0.15) is 0 Å². The Morgan fingerprint density at radius 3 is 2.45 bits per heavy atom. The minimum absolute atomic E-state index is 0.0279. The number of benzene rings is 1. The second-order valence-corrected chi connectivity index (χ2v) is 4.71. The molecule has 0 aromatic heterocycles. The van der Waals surface area contributed by atoms with Crippen LogP contribution >= 0.6 is 0 Å². The third kappa shape index (κ3) is 6.34. The molecule has 114 valence electrons. The standard InChI is InChI=1S/C15H25NO4/c1-3-12-4-6-15(7-5-12)20-11-14(18)8-16-13(9-17)10-19-2/h4-7,13-14,16-18H,3,8-11H2,1-2H3. The van der Waals surface area contributed by atoms with Crippen LogP contribution in [0.5, 0.6) is 5.75 Å². The van der Waals surface area contributed by atoms with E-state index in [0.29, 0.717) is 13.2 Å². The molecule has 0 saturated heterocycles. The fraction of sp³-hybridized carbons (Fsp3) is 0.600. The Morgan fingerprint density at radius 2 is 1.90 bits per heavy atom. The third-order valence-corrected chi connectivity index (χ3v) is 3.00. The normalized spacial score (nSPS) is 14.0. The van der Waals surface area contributed by atoms with Crippen LogP contribution in [0.3, 0.4) is 0 Å². The average molecular weight is 283 g/mol. The largest absolute Gasteiger partial charge is 0.491 e. The molecule has 0 amide bonds. The van der Waals surface area contributed by atoms with E-state index in [9.17, 15) is 5.11 Å². The Hall–Kier alpha value is -1.14. The molecule has 0 radical (unpaired) electrons. The monoisotopic (exact) mass is 283 g/mol. The lowest BCUT2D eigenvalue weighted by molar-refractivity contribution is 0.0854. The first kappa shape index (κ1) is 16.9. The van der Waals surface area contributed by atoms with Gasteiger partial charge in [0, 0.05) is 13.7 Å². The van der Waals surface area contributed by atoms with E-state index >= 15 is 0 Å². The summed E-state index contributed by atoms with van der Waals surface area (Å²) in [5.74, 6) is 0.747. The van der Waals surface area contributed by atoms with Gasteiger partial charge in [0.2, 0.25) is 0 Å². The maximum Gasteiger partial charge on any atom is 0.119 e. The quantitative estimate of drug-likeness (QED) is 0.586. The number of nitrogens with one attached hydrogen (secondary N) is 1. The highest BCUT2D eigenvalue weighted by Gasteiger charge is 2.10. The number of methoxy groups -OCH3 is 1. The van der Waals surface area contributed by atoms with Crippen LogP contribution in [-0.2, 0) is 11.2 Å². The van der Waals surface area contributed by atoms with Crippen LogP contribution in [0.4, 0.5) is 0 Å². The van der Waals surface area contributed by atoms with Gasteiger partial charge < -0.3 is 25.0 Å². The number of rotatable bonds is 10. The van der Waals surface area contributed by atoms with Crippen LogP contribution in [-0.4, -0.2) is 55.8 Å². The molecule has 2 atom stereocenters. The summed E-state index contributed by atoms with van der Waals surface area (Å²) in [5.41, 5.74) is 1.25. The number of aliphatic hydroxyl groups is 2. The molecule has 2 unspecified atom stereocenters. The van der Waals surface area contributed by atoms with Crippen molar-refractivity contribution in [1.82, 2.24) is 5.32 Å². The zero-order chi connectivity index (χ0) is 14.8. The number of hydrogen-bond acceptors (Lipinski definition) is 5. The number of hydrogen-bond donors (Lipinski definition) is 3. The Balaban J connectivity index is 2.26. The minimum Gasteiger partial charge on any atom is -0.491 e.